The molecule has 3 heteroatoms. The van der Waals surface area contributed by atoms with Gasteiger partial charge in [0.1, 0.15) is 5.60 Å². The monoisotopic (exact) mass is 395 g/mol. The molecule has 0 spiro atoms. The van der Waals surface area contributed by atoms with Crippen LogP contribution in [0, 0.1) is 6.92 Å². The Bertz CT molecular complexity index is 1220. The number of benzene rings is 3. The van der Waals surface area contributed by atoms with Crippen LogP contribution in [0.2, 0.25) is 0 Å². The topological polar surface area (TPSA) is 39.2 Å². The molecule has 0 aliphatic heterocycles. The molecule has 0 aliphatic rings. The molecule has 1 aromatic heterocycles. The number of fused-ring (bicyclic) bond motifs is 1. The highest BCUT2D eigenvalue weighted by molar-refractivity contribution is 6.00. The van der Waals surface area contributed by atoms with E-state index < -0.39 is 5.60 Å². The summed E-state index contributed by atoms with van der Waals surface area (Å²) in [6.45, 7) is 7.61. The molecule has 0 unspecified atom stereocenters. The number of pyridine rings is 1. The van der Waals surface area contributed by atoms with Crippen molar-refractivity contribution >= 4 is 16.9 Å². The molecule has 0 radical (unpaired) electrons. The summed E-state index contributed by atoms with van der Waals surface area (Å²) in [4.78, 5) is 17.3. The molecule has 0 saturated heterocycles. The van der Waals surface area contributed by atoms with Gasteiger partial charge in [0.05, 0.1) is 11.1 Å². The summed E-state index contributed by atoms with van der Waals surface area (Å²) >= 11 is 0. The van der Waals surface area contributed by atoms with Gasteiger partial charge in [-0.3, -0.25) is 4.98 Å². The molecule has 0 bridgehead atoms. The Morgan fingerprint density at radius 3 is 2.23 bits per heavy atom. The molecular weight excluding hydrogens is 370 g/mol. The molecule has 0 amide bonds. The van der Waals surface area contributed by atoms with E-state index in [1.165, 1.54) is 5.56 Å². The van der Waals surface area contributed by atoms with E-state index in [4.69, 9.17) is 4.74 Å². The zero-order chi connectivity index (χ0) is 21.3. The van der Waals surface area contributed by atoms with Crippen molar-refractivity contribution in [2.45, 2.75) is 33.3 Å². The highest BCUT2D eigenvalue weighted by Gasteiger charge is 2.19. The van der Waals surface area contributed by atoms with E-state index in [1.807, 2.05) is 58.0 Å². The quantitative estimate of drug-likeness (QED) is 0.357. The maximum Gasteiger partial charge on any atom is 0.338 e. The molecular formula is C27H25NO2. The van der Waals surface area contributed by atoms with E-state index in [0.29, 0.717) is 5.56 Å². The van der Waals surface area contributed by atoms with Gasteiger partial charge in [0.15, 0.2) is 0 Å². The van der Waals surface area contributed by atoms with Crippen molar-refractivity contribution in [1.82, 2.24) is 4.98 Å². The Balaban J connectivity index is 1.84. The molecule has 4 rings (SSSR count). The summed E-state index contributed by atoms with van der Waals surface area (Å²) in [5.74, 6) is -0.325. The second-order valence-corrected chi connectivity index (χ2v) is 8.49. The number of hydrogen-bond acceptors (Lipinski definition) is 3. The van der Waals surface area contributed by atoms with E-state index in [-0.39, 0.29) is 5.97 Å². The Labute approximate surface area is 177 Å². The number of rotatable bonds is 3. The van der Waals surface area contributed by atoms with Crippen molar-refractivity contribution in [3.05, 3.63) is 90.1 Å². The van der Waals surface area contributed by atoms with Crippen LogP contribution in [0.25, 0.3) is 33.2 Å². The minimum atomic E-state index is -0.537. The smallest absolute Gasteiger partial charge is 0.338 e. The summed E-state index contributed by atoms with van der Waals surface area (Å²) < 4.78 is 5.56. The fourth-order valence-corrected chi connectivity index (χ4v) is 3.56. The zero-order valence-electron chi connectivity index (χ0n) is 17.8. The number of hydrogen-bond donors (Lipinski definition) is 0. The van der Waals surface area contributed by atoms with Gasteiger partial charge < -0.3 is 4.74 Å². The fourth-order valence-electron chi connectivity index (χ4n) is 3.56. The van der Waals surface area contributed by atoms with Crippen LogP contribution in [0.15, 0.2) is 78.9 Å². The van der Waals surface area contributed by atoms with Crippen molar-refractivity contribution in [1.29, 1.82) is 0 Å². The predicted octanol–water partition coefficient (Wildman–Crippen LogP) is 6.83. The van der Waals surface area contributed by atoms with E-state index in [0.717, 1.165) is 33.3 Å². The Morgan fingerprint density at radius 2 is 1.50 bits per heavy atom. The fraction of sp³-hybridized carbons (Fsp3) is 0.185. The predicted molar refractivity (Wildman–Crippen MR) is 123 cm³/mol. The lowest BCUT2D eigenvalue weighted by Gasteiger charge is -2.19. The number of carbonyl (C=O) groups excluding carboxylic acids is 1. The highest BCUT2D eigenvalue weighted by atomic mass is 16.6. The van der Waals surface area contributed by atoms with E-state index in [2.05, 4.69) is 47.4 Å². The van der Waals surface area contributed by atoms with E-state index >= 15 is 0 Å². The molecule has 0 fully saturated rings. The van der Waals surface area contributed by atoms with Gasteiger partial charge in [-0.25, -0.2) is 4.79 Å². The third kappa shape index (κ3) is 4.25. The third-order valence-electron chi connectivity index (χ3n) is 4.85. The lowest BCUT2D eigenvalue weighted by Crippen LogP contribution is -2.23. The average molecular weight is 396 g/mol. The van der Waals surface area contributed by atoms with Gasteiger partial charge in [0.2, 0.25) is 0 Å². The second-order valence-electron chi connectivity index (χ2n) is 8.49. The molecule has 4 aromatic rings. The van der Waals surface area contributed by atoms with Gasteiger partial charge in [-0.1, -0.05) is 48.5 Å². The second kappa shape index (κ2) is 7.75. The van der Waals surface area contributed by atoms with Crippen molar-refractivity contribution < 1.29 is 9.53 Å². The lowest BCUT2D eigenvalue weighted by molar-refractivity contribution is 0.00697. The van der Waals surface area contributed by atoms with Crippen LogP contribution in [0.3, 0.4) is 0 Å². The molecule has 0 aliphatic carbocycles. The maximum atomic E-state index is 12.6. The standard InChI is InChI=1S/C27H25NO2/c1-18-15-23(21-12-8-11-20(16-21)19-9-6-5-7-10-19)24-17-22(13-14-25(24)28-18)26(29)30-27(2,3)4/h5-17H,1-4H3. The van der Waals surface area contributed by atoms with Crippen molar-refractivity contribution in [2.24, 2.45) is 0 Å². The van der Waals surface area contributed by atoms with Gasteiger partial charge >= 0.3 is 5.97 Å². The molecule has 0 N–H and O–H groups in total. The van der Waals surface area contributed by atoms with E-state index in [1.54, 1.807) is 6.07 Å². The van der Waals surface area contributed by atoms with Crippen molar-refractivity contribution in [2.75, 3.05) is 0 Å². The largest absolute Gasteiger partial charge is 0.456 e. The Morgan fingerprint density at radius 1 is 0.800 bits per heavy atom. The molecule has 0 saturated carbocycles. The maximum absolute atomic E-state index is 12.6. The average Bonchev–Trinajstić information content (AvgIpc) is 2.72. The first-order valence-corrected chi connectivity index (χ1v) is 10.1. The summed E-state index contributed by atoms with van der Waals surface area (Å²) in [7, 11) is 0. The molecule has 1 heterocycles. The van der Waals surface area contributed by atoms with Crippen molar-refractivity contribution in [3.63, 3.8) is 0 Å². The third-order valence-corrected chi connectivity index (χ3v) is 4.85. The number of carbonyl (C=O) groups is 1. The van der Waals surface area contributed by atoms with Gasteiger partial charge in [0.25, 0.3) is 0 Å². The minimum absolute atomic E-state index is 0.325. The summed E-state index contributed by atoms with van der Waals surface area (Å²) in [6, 6.07) is 26.4. The van der Waals surface area contributed by atoms with Crippen LogP contribution in [-0.2, 0) is 4.74 Å². The molecule has 30 heavy (non-hydrogen) atoms. The van der Waals surface area contributed by atoms with E-state index in [9.17, 15) is 4.79 Å². The molecule has 3 nitrogen and oxygen atoms in total. The first-order chi connectivity index (χ1) is 14.3. The normalized spacial score (nSPS) is 11.5. The molecule has 150 valence electrons. The lowest BCUT2D eigenvalue weighted by atomic mass is 9.95. The highest BCUT2D eigenvalue weighted by Crippen LogP contribution is 2.32. The number of nitrogens with zero attached hydrogens (tertiary/aromatic N) is 1. The van der Waals surface area contributed by atoms with Gasteiger partial charge in [0, 0.05) is 11.1 Å². The number of aryl methyl sites for hydroxylation is 1. The Hall–Kier alpha value is -3.46. The summed E-state index contributed by atoms with van der Waals surface area (Å²) in [6.07, 6.45) is 0. The molecule has 3 aromatic carbocycles. The van der Waals surface area contributed by atoms with Crippen molar-refractivity contribution in [3.8, 4) is 22.3 Å². The summed E-state index contributed by atoms with van der Waals surface area (Å²) in [5, 5.41) is 0.939. The Kier molecular flexibility index (Phi) is 5.13. The van der Waals surface area contributed by atoms with Crippen LogP contribution in [0.5, 0.6) is 0 Å². The summed E-state index contributed by atoms with van der Waals surface area (Å²) in [5.41, 5.74) is 6.26. The van der Waals surface area contributed by atoms with Crippen LogP contribution in [-0.4, -0.2) is 16.6 Å². The SMILES string of the molecule is Cc1cc(-c2cccc(-c3ccccc3)c2)c2cc(C(=O)OC(C)(C)C)ccc2n1. The van der Waals surface area contributed by atoms with Crippen LogP contribution < -0.4 is 0 Å². The number of esters is 1. The van der Waals surface area contributed by atoms with Gasteiger partial charge in [-0.2, -0.15) is 0 Å². The van der Waals surface area contributed by atoms with Crippen LogP contribution in [0.4, 0.5) is 0 Å². The minimum Gasteiger partial charge on any atom is -0.456 e. The first-order valence-electron chi connectivity index (χ1n) is 10.1. The van der Waals surface area contributed by atoms with Gasteiger partial charge in [-0.15, -0.1) is 0 Å². The molecule has 0 atom stereocenters. The van der Waals surface area contributed by atoms with Crippen LogP contribution >= 0.6 is 0 Å². The van der Waals surface area contributed by atoms with Crippen LogP contribution in [0.1, 0.15) is 36.8 Å². The zero-order valence-corrected chi connectivity index (χ0v) is 17.8. The van der Waals surface area contributed by atoms with Gasteiger partial charge in [-0.05, 0) is 80.3 Å². The number of aromatic nitrogens is 1. The first kappa shape index (κ1) is 19.8. The number of ether oxygens (including phenoxy) is 1.